The Balaban J connectivity index is 2.29. The van der Waals surface area contributed by atoms with E-state index in [-0.39, 0.29) is 38.2 Å². The fraction of sp³-hybridized carbons (Fsp3) is 0.450. The molecule has 7 N–H and O–H groups in total. The van der Waals surface area contributed by atoms with E-state index in [0.29, 0.717) is 0 Å². The van der Waals surface area contributed by atoms with Gasteiger partial charge in [0, 0.05) is 19.9 Å². The minimum atomic E-state index is -2.33. The lowest BCUT2D eigenvalue weighted by molar-refractivity contribution is -0.553. The second-order valence-corrected chi connectivity index (χ2v) is 7.58. The van der Waals surface area contributed by atoms with Gasteiger partial charge >= 0.3 is 5.97 Å². The SMILES string of the molecule is CC(=O)O[C@@H]1NC(=O)[C@H]1NC(=O)[C@](CCCN=C(N)N)(N[N+](=O)[O-])C(=O)CCc1ccccc1. The van der Waals surface area contributed by atoms with Crippen molar-refractivity contribution in [3.8, 4) is 0 Å². The van der Waals surface area contributed by atoms with E-state index in [2.05, 4.69) is 15.6 Å². The number of ketones is 1. The molecule has 3 atom stereocenters. The molecular formula is C20H27N7O7. The molecule has 0 unspecified atom stereocenters. The number of nitrogens with two attached hydrogens (primary N) is 2. The largest absolute Gasteiger partial charge is 0.439 e. The molecule has 184 valence electrons. The third-order valence-electron chi connectivity index (χ3n) is 5.08. The van der Waals surface area contributed by atoms with Crippen LogP contribution in [-0.2, 0) is 30.3 Å². The van der Waals surface area contributed by atoms with Crippen molar-refractivity contribution in [1.82, 2.24) is 16.1 Å². The number of amides is 2. The molecule has 0 spiro atoms. The smallest absolute Gasteiger partial charge is 0.304 e. The number of ether oxygens (including phenoxy) is 1. The molecule has 1 heterocycles. The zero-order valence-corrected chi connectivity index (χ0v) is 18.5. The van der Waals surface area contributed by atoms with E-state index < -0.39 is 46.4 Å². The Morgan fingerprint density at radius 1 is 1.26 bits per heavy atom. The summed E-state index contributed by atoms with van der Waals surface area (Å²) in [4.78, 5) is 64.9. The molecule has 1 fully saturated rings. The summed E-state index contributed by atoms with van der Waals surface area (Å²) in [6, 6.07) is 7.57. The number of Topliss-reactive ketones (excluding diaryl/α,β-unsaturated/α-hetero) is 1. The Morgan fingerprint density at radius 3 is 2.50 bits per heavy atom. The number of benzene rings is 1. The van der Waals surface area contributed by atoms with Crippen LogP contribution in [0.1, 0.15) is 31.7 Å². The molecule has 0 bridgehead atoms. The monoisotopic (exact) mass is 477 g/mol. The van der Waals surface area contributed by atoms with Crippen molar-refractivity contribution in [2.45, 2.75) is 50.4 Å². The first kappa shape index (κ1) is 26.0. The highest BCUT2D eigenvalue weighted by molar-refractivity contribution is 6.11. The van der Waals surface area contributed by atoms with Crippen molar-refractivity contribution in [3.05, 3.63) is 46.0 Å². The Morgan fingerprint density at radius 2 is 1.94 bits per heavy atom. The summed E-state index contributed by atoms with van der Waals surface area (Å²) in [5.74, 6) is -3.48. The van der Waals surface area contributed by atoms with Gasteiger partial charge in [0.25, 0.3) is 11.8 Å². The molecule has 1 aliphatic heterocycles. The van der Waals surface area contributed by atoms with E-state index in [1.54, 1.807) is 30.3 Å². The van der Waals surface area contributed by atoms with E-state index in [4.69, 9.17) is 16.2 Å². The van der Waals surface area contributed by atoms with Gasteiger partial charge in [-0.15, -0.1) is 5.43 Å². The van der Waals surface area contributed by atoms with Crippen molar-refractivity contribution in [2.24, 2.45) is 16.5 Å². The summed E-state index contributed by atoms with van der Waals surface area (Å²) in [5, 5.41) is 15.0. The number of aliphatic imine (C=N–C) groups is 1. The molecule has 0 aliphatic carbocycles. The number of β-lactam (4-membered cyclic amide) rings is 1. The van der Waals surface area contributed by atoms with Gasteiger partial charge < -0.3 is 26.8 Å². The van der Waals surface area contributed by atoms with Crippen LogP contribution in [-0.4, -0.2) is 58.9 Å². The number of rotatable bonds is 13. The summed E-state index contributed by atoms with van der Waals surface area (Å²) < 4.78 is 4.88. The van der Waals surface area contributed by atoms with Gasteiger partial charge in [0.2, 0.25) is 11.8 Å². The van der Waals surface area contributed by atoms with E-state index in [9.17, 15) is 29.3 Å². The third-order valence-corrected chi connectivity index (χ3v) is 5.08. The molecule has 1 aromatic carbocycles. The van der Waals surface area contributed by atoms with Gasteiger partial charge in [-0.05, 0) is 24.8 Å². The normalized spacial score (nSPS) is 18.3. The molecule has 2 amide bonds. The standard InChI is InChI=1S/C20H27N7O7/c1-12(28)34-17-15(16(30)25-17)24-18(31)20(26-27(32)33,10-5-11-23-19(21)22)14(29)9-8-13-6-3-2-4-7-13/h2-4,6-7,15,17,26H,5,8-11H2,1H3,(H,24,31)(H,25,30)(H4,21,22,23)/t15-,17+,20-/m1/s1. The van der Waals surface area contributed by atoms with Crippen LogP contribution in [0, 0.1) is 10.1 Å². The van der Waals surface area contributed by atoms with E-state index >= 15 is 0 Å². The van der Waals surface area contributed by atoms with E-state index in [1.165, 1.54) is 0 Å². The predicted octanol–water partition coefficient (Wildman–Crippen LogP) is -1.73. The highest BCUT2D eigenvalue weighted by atomic mass is 16.7. The molecule has 1 aliphatic rings. The first-order valence-corrected chi connectivity index (χ1v) is 10.4. The summed E-state index contributed by atoms with van der Waals surface area (Å²) in [6.07, 6.45) is -1.44. The quantitative estimate of drug-likeness (QED) is 0.0315. The number of guanidine groups is 1. The zero-order valence-electron chi connectivity index (χ0n) is 18.5. The molecular weight excluding hydrogens is 450 g/mol. The zero-order chi connectivity index (χ0) is 25.3. The maximum absolute atomic E-state index is 13.3. The van der Waals surface area contributed by atoms with Crippen LogP contribution in [0.4, 0.5) is 0 Å². The molecule has 14 heteroatoms. The Labute approximate surface area is 194 Å². The summed E-state index contributed by atoms with van der Waals surface area (Å²) >= 11 is 0. The Hall–Kier alpha value is -4.23. The number of carbonyl (C=O) groups excluding carboxylic acids is 4. The highest BCUT2D eigenvalue weighted by Crippen LogP contribution is 2.21. The number of nitrogens with zero attached hydrogens (tertiary/aromatic N) is 2. The predicted molar refractivity (Wildman–Crippen MR) is 118 cm³/mol. The number of hydrogen-bond acceptors (Lipinski definition) is 8. The van der Waals surface area contributed by atoms with Gasteiger partial charge in [-0.2, -0.15) is 0 Å². The average molecular weight is 477 g/mol. The molecule has 14 nitrogen and oxygen atoms in total. The number of nitrogens with one attached hydrogen (secondary N) is 3. The van der Waals surface area contributed by atoms with Gasteiger partial charge in [-0.25, -0.2) is 10.1 Å². The van der Waals surface area contributed by atoms with Crippen LogP contribution in [0.15, 0.2) is 35.3 Å². The third kappa shape index (κ3) is 6.88. The number of hydrogen-bond donors (Lipinski definition) is 5. The van der Waals surface area contributed by atoms with Gasteiger partial charge in [0.15, 0.2) is 22.8 Å². The highest BCUT2D eigenvalue weighted by Gasteiger charge is 2.52. The number of hydrazine groups is 1. The second kappa shape index (κ2) is 11.6. The van der Waals surface area contributed by atoms with Gasteiger partial charge in [0.05, 0.1) is 0 Å². The Bertz CT molecular complexity index is 965. The molecule has 1 aromatic rings. The van der Waals surface area contributed by atoms with Crippen LogP contribution in [0.3, 0.4) is 0 Å². The van der Waals surface area contributed by atoms with Crippen LogP contribution in [0.5, 0.6) is 0 Å². The minimum Gasteiger partial charge on any atom is -0.439 e. The van der Waals surface area contributed by atoms with Crippen molar-refractivity contribution in [2.75, 3.05) is 6.54 Å². The van der Waals surface area contributed by atoms with Crippen molar-refractivity contribution in [3.63, 3.8) is 0 Å². The van der Waals surface area contributed by atoms with Crippen molar-refractivity contribution >= 4 is 29.5 Å². The first-order valence-electron chi connectivity index (χ1n) is 10.4. The average Bonchev–Trinajstić information content (AvgIpc) is 2.77. The van der Waals surface area contributed by atoms with Crippen LogP contribution >= 0.6 is 0 Å². The molecule has 34 heavy (non-hydrogen) atoms. The second-order valence-electron chi connectivity index (χ2n) is 7.58. The summed E-state index contributed by atoms with van der Waals surface area (Å²) in [7, 11) is 0. The number of carbonyl (C=O) groups is 4. The fourth-order valence-corrected chi connectivity index (χ4v) is 3.41. The van der Waals surface area contributed by atoms with Crippen molar-refractivity contribution < 1.29 is 28.9 Å². The Kier molecular flexibility index (Phi) is 8.86. The van der Waals surface area contributed by atoms with Crippen LogP contribution < -0.4 is 27.5 Å². The number of nitro groups is 1. The van der Waals surface area contributed by atoms with Gasteiger partial charge in [-0.1, -0.05) is 30.3 Å². The number of aryl methyl sites for hydroxylation is 1. The maximum atomic E-state index is 13.3. The maximum Gasteiger partial charge on any atom is 0.304 e. The van der Waals surface area contributed by atoms with Gasteiger partial charge in [-0.3, -0.25) is 24.2 Å². The lowest BCUT2D eigenvalue weighted by atomic mass is 9.84. The van der Waals surface area contributed by atoms with Crippen LogP contribution in [0.25, 0.3) is 0 Å². The first-order chi connectivity index (χ1) is 16.0. The molecule has 2 rings (SSSR count). The topological polar surface area (TPSA) is 221 Å². The molecule has 0 aromatic heterocycles. The number of esters is 1. The molecule has 0 saturated carbocycles. The molecule has 0 radical (unpaired) electrons. The minimum absolute atomic E-state index is 0.00269. The fourth-order valence-electron chi connectivity index (χ4n) is 3.41. The summed E-state index contributed by atoms with van der Waals surface area (Å²) in [6.45, 7) is 1.11. The van der Waals surface area contributed by atoms with Gasteiger partial charge in [0.1, 0.15) is 0 Å². The molecule has 1 saturated heterocycles. The van der Waals surface area contributed by atoms with E-state index in [1.807, 2.05) is 5.43 Å². The lowest BCUT2D eigenvalue weighted by Crippen LogP contribution is -2.74. The van der Waals surface area contributed by atoms with E-state index in [0.717, 1.165) is 12.5 Å². The van der Waals surface area contributed by atoms with Crippen LogP contribution in [0.2, 0.25) is 0 Å². The lowest BCUT2D eigenvalue weighted by Gasteiger charge is -2.38. The van der Waals surface area contributed by atoms with Crippen molar-refractivity contribution in [1.29, 1.82) is 0 Å². The summed E-state index contributed by atoms with van der Waals surface area (Å²) in [5.41, 5.74) is 10.9.